The normalized spacial score (nSPS) is 10.7. The second-order valence-corrected chi connectivity index (χ2v) is 6.60. The van der Waals surface area contributed by atoms with Gasteiger partial charge in [-0.25, -0.2) is 4.98 Å². The third-order valence-electron chi connectivity index (χ3n) is 4.48. The summed E-state index contributed by atoms with van der Waals surface area (Å²) in [6.07, 6.45) is 0. The van der Waals surface area contributed by atoms with Crippen LogP contribution in [0.15, 0.2) is 83.7 Å². The fourth-order valence-electron chi connectivity index (χ4n) is 3.06. The predicted octanol–water partition coefficient (Wildman–Crippen LogP) is 3.99. The molecular weight excluding hydrogens is 366 g/mol. The maximum atomic E-state index is 13.0. The summed E-state index contributed by atoms with van der Waals surface area (Å²) in [5.41, 5.74) is 0.807. The lowest BCUT2D eigenvalue weighted by molar-refractivity contribution is 0.0779. The third kappa shape index (κ3) is 4.01. The Kier molecular flexibility index (Phi) is 5.07. The number of amides is 1. The Morgan fingerprint density at radius 1 is 0.966 bits per heavy atom. The molecule has 0 fully saturated rings. The van der Waals surface area contributed by atoms with E-state index in [1.165, 1.54) is 4.90 Å². The first kappa shape index (κ1) is 18.4. The van der Waals surface area contributed by atoms with Crippen LogP contribution in [0.5, 0.6) is 11.5 Å². The molecule has 0 aliphatic heterocycles. The number of aromatic nitrogens is 2. The molecular formula is C23H19N3O3. The summed E-state index contributed by atoms with van der Waals surface area (Å²) < 4.78 is 5.89. The van der Waals surface area contributed by atoms with E-state index in [4.69, 9.17) is 4.74 Å². The molecule has 1 aromatic heterocycles. The number of rotatable bonds is 5. The van der Waals surface area contributed by atoms with Gasteiger partial charge < -0.3 is 14.6 Å². The van der Waals surface area contributed by atoms with E-state index in [9.17, 15) is 9.59 Å². The molecule has 0 bridgehead atoms. The van der Waals surface area contributed by atoms with Crippen molar-refractivity contribution in [3.8, 4) is 11.5 Å². The van der Waals surface area contributed by atoms with E-state index in [1.807, 2.05) is 42.5 Å². The molecule has 0 atom stereocenters. The number of carbonyl (C=O) groups is 1. The van der Waals surface area contributed by atoms with E-state index in [0.29, 0.717) is 33.8 Å². The second kappa shape index (κ2) is 7.98. The van der Waals surface area contributed by atoms with E-state index in [2.05, 4.69) is 9.97 Å². The van der Waals surface area contributed by atoms with E-state index >= 15 is 0 Å². The van der Waals surface area contributed by atoms with Crippen LogP contribution in [0.2, 0.25) is 0 Å². The molecule has 6 nitrogen and oxygen atoms in total. The summed E-state index contributed by atoms with van der Waals surface area (Å²) in [4.78, 5) is 34.0. The Morgan fingerprint density at radius 3 is 2.48 bits per heavy atom. The SMILES string of the molecule is CN(Cc1nc2ccccc2c(=O)[nH]1)C(=O)c1ccccc1Oc1ccccc1. The maximum Gasteiger partial charge on any atom is 0.258 e. The summed E-state index contributed by atoms with van der Waals surface area (Å²) in [5, 5.41) is 0.520. The number of carbonyl (C=O) groups excluding carboxylic acids is 1. The lowest BCUT2D eigenvalue weighted by Gasteiger charge is -2.19. The molecule has 0 aliphatic carbocycles. The fourth-order valence-corrected chi connectivity index (χ4v) is 3.06. The highest BCUT2D eigenvalue weighted by atomic mass is 16.5. The number of nitrogens with zero attached hydrogens (tertiary/aromatic N) is 2. The third-order valence-corrected chi connectivity index (χ3v) is 4.48. The Bertz CT molecular complexity index is 1220. The molecule has 144 valence electrons. The predicted molar refractivity (Wildman–Crippen MR) is 111 cm³/mol. The van der Waals surface area contributed by atoms with Crippen molar-refractivity contribution in [1.82, 2.24) is 14.9 Å². The van der Waals surface area contributed by atoms with Gasteiger partial charge in [-0.15, -0.1) is 0 Å². The largest absolute Gasteiger partial charge is 0.457 e. The maximum absolute atomic E-state index is 13.0. The van der Waals surface area contributed by atoms with Gasteiger partial charge in [0.25, 0.3) is 11.5 Å². The molecule has 4 rings (SSSR count). The topological polar surface area (TPSA) is 75.3 Å². The van der Waals surface area contributed by atoms with E-state index < -0.39 is 0 Å². The number of H-pyrrole nitrogens is 1. The van der Waals surface area contributed by atoms with Crippen LogP contribution in [0.3, 0.4) is 0 Å². The highest BCUT2D eigenvalue weighted by Crippen LogP contribution is 2.26. The molecule has 4 aromatic rings. The number of aromatic amines is 1. The highest BCUT2D eigenvalue weighted by Gasteiger charge is 2.18. The van der Waals surface area contributed by atoms with Crippen LogP contribution in [0.4, 0.5) is 0 Å². The van der Waals surface area contributed by atoms with Crippen molar-refractivity contribution in [1.29, 1.82) is 0 Å². The quantitative estimate of drug-likeness (QED) is 0.564. The van der Waals surface area contributed by atoms with Crippen LogP contribution in [0.1, 0.15) is 16.2 Å². The zero-order chi connectivity index (χ0) is 20.2. The molecule has 0 saturated carbocycles. The van der Waals surface area contributed by atoms with Crippen molar-refractivity contribution in [2.45, 2.75) is 6.54 Å². The zero-order valence-electron chi connectivity index (χ0n) is 15.8. The van der Waals surface area contributed by atoms with Crippen LogP contribution < -0.4 is 10.3 Å². The number of ether oxygens (including phenoxy) is 1. The van der Waals surface area contributed by atoms with E-state index in [1.54, 1.807) is 43.4 Å². The number of hydrogen-bond donors (Lipinski definition) is 1. The van der Waals surface area contributed by atoms with Crippen molar-refractivity contribution in [2.24, 2.45) is 0 Å². The Morgan fingerprint density at radius 2 is 1.66 bits per heavy atom. The summed E-state index contributed by atoms with van der Waals surface area (Å²) >= 11 is 0. The summed E-state index contributed by atoms with van der Waals surface area (Å²) in [5.74, 6) is 1.31. The van der Waals surface area contributed by atoms with Crippen LogP contribution in [-0.2, 0) is 6.54 Å². The van der Waals surface area contributed by atoms with Crippen molar-refractivity contribution < 1.29 is 9.53 Å². The zero-order valence-corrected chi connectivity index (χ0v) is 15.8. The van der Waals surface area contributed by atoms with Gasteiger partial charge >= 0.3 is 0 Å². The smallest absolute Gasteiger partial charge is 0.258 e. The second-order valence-electron chi connectivity index (χ2n) is 6.60. The van der Waals surface area contributed by atoms with Crippen LogP contribution in [0.25, 0.3) is 10.9 Å². The monoisotopic (exact) mass is 385 g/mol. The summed E-state index contributed by atoms with van der Waals surface area (Å²) in [7, 11) is 1.66. The molecule has 0 radical (unpaired) electrons. The van der Waals surface area contributed by atoms with Crippen molar-refractivity contribution >= 4 is 16.8 Å². The van der Waals surface area contributed by atoms with Crippen molar-refractivity contribution in [3.05, 3.63) is 101 Å². The average molecular weight is 385 g/mol. The van der Waals surface area contributed by atoms with Gasteiger partial charge in [-0.05, 0) is 36.4 Å². The molecule has 0 unspecified atom stereocenters. The van der Waals surface area contributed by atoms with Crippen molar-refractivity contribution in [2.75, 3.05) is 7.05 Å². The van der Waals surface area contributed by atoms with E-state index in [0.717, 1.165) is 0 Å². The van der Waals surface area contributed by atoms with Gasteiger partial charge in [0.2, 0.25) is 0 Å². The molecule has 0 saturated heterocycles. The molecule has 1 N–H and O–H groups in total. The Hall–Kier alpha value is -3.93. The Balaban J connectivity index is 1.58. The summed E-state index contributed by atoms with van der Waals surface area (Å²) in [6, 6.07) is 23.5. The number of para-hydroxylation sites is 3. The van der Waals surface area contributed by atoms with Crippen LogP contribution in [0, 0.1) is 0 Å². The first-order chi connectivity index (χ1) is 14.1. The lowest BCUT2D eigenvalue weighted by Crippen LogP contribution is -2.28. The average Bonchev–Trinajstić information content (AvgIpc) is 2.74. The minimum Gasteiger partial charge on any atom is -0.457 e. The van der Waals surface area contributed by atoms with Crippen molar-refractivity contribution in [3.63, 3.8) is 0 Å². The molecule has 0 aliphatic rings. The molecule has 1 amide bonds. The van der Waals surface area contributed by atoms with Gasteiger partial charge in [0, 0.05) is 7.05 Å². The Labute approximate surface area is 167 Å². The van der Waals surface area contributed by atoms with Crippen LogP contribution in [-0.4, -0.2) is 27.8 Å². The first-order valence-electron chi connectivity index (χ1n) is 9.17. The molecule has 0 spiro atoms. The molecule has 29 heavy (non-hydrogen) atoms. The van der Waals surface area contributed by atoms with Gasteiger partial charge in [-0.1, -0.05) is 42.5 Å². The van der Waals surface area contributed by atoms with Gasteiger partial charge in [-0.2, -0.15) is 0 Å². The number of benzene rings is 3. The van der Waals surface area contributed by atoms with E-state index in [-0.39, 0.29) is 18.0 Å². The summed E-state index contributed by atoms with van der Waals surface area (Å²) in [6.45, 7) is 0.165. The minimum absolute atomic E-state index is 0.165. The standard InChI is InChI=1S/C23H19N3O3/c1-26(15-21-24-19-13-7-5-11-17(19)22(27)25-21)23(28)18-12-6-8-14-20(18)29-16-9-3-2-4-10-16/h2-14H,15H2,1H3,(H,24,25,27). The molecule has 3 aromatic carbocycles. The lowest BCUT2D eigenvalue weighted by atomic mass is 10.1. The number of nitrogens with one attached hydrogen (secondary N) is 1. The van der Waals surface area contributed by atoms with Gasteiger partial charge in [0.05, 0.1) is 23.0 Å². The van der Waals surface area contributed by atoms with Gasteiger partial charge in [0.15, 0.2) is 0 Å². The minimum atomic E-state index is -0.229. The highest BCUT2D eigenvalue weighted by molar-refractivity contribution is 5.96. The van der Waals surface area contributed by atoms with Gasteiger partial charge in [-0.3, -0.25) is 9.59 Å². The molecule has 6 heteroatoms. The number of fused-ring (bicyclic) bond motifs is 1. The fraction of sp³-hybridized carbons (Fsp3) is 0.0870. The van der Waals surface area contributed by atoms with Crippen LogP contribution >= 0.6 is 0 Å². The van der Waals surface area contributed by atoms with Gasteiger partial charge in [0.1, 0.15) is 17.3 Å². The molecule has 1 heterocycles. The first-order valence-corrected chi connectivity index (χ1v) is 9.17. The number of hydrogen-bond acceptors (Lipinski definition) is 4.